The summed E-state index contributed by atoms with van der Waals surface area (Å²) in [7, 11) is 0. The van der Waals surface area contributed by atoms with Crippen LogP contribution in [0, 0.1) is 0 Å². The van der Waals surface area contributed by atoms with Crippen molar-refractivity contribution in [3.8, 4) is 11.4 Å². The Kier molecular flexibility index (Phi) is 4.10. The first-order chi connectivity index (χ1) is 13.8. The van der Waals surface area contributed by atoms with Gasteiger partial charge in [0.15, 0.2) is 17.3 Å². The molecule has 8 heteroatoms. The van der Waals surface area contributed by atoms with Crippen molar-refractivity contribution in [3.05, 3.63) is 76.9 Å². The van der Waals surface area contributed by atoms with Gasteiger partial charge in [0.25, 0.3) is 0 Å². The molecule has 0 atom stereocenters. The second-order valence-electron chi connectivity index (χ2n) is 6.18. The number of nitrogens with zero attached hydrogens (tertiary/aromatic N) is 5. The van der Waals surface area contributed by atoms with Gasteiger partial charge in [-0.25, -0.2) is 0 Å². The van der Waals surface area contributed by atoms with Gasteiger partial charge in [-0.1, -0.05) is 46.3 Å². The Labute approximate surface area is 168 Å². The molecule has 3 aromatic heterocycles. The smallest absolute Gasteiger partial charge is 0.185 e. The largest absolute Gasteiger partial charge is 0.361 e. The Morgan fingerprint density at radius 3 is 2.82 bits per heavy atom. The number of nitrogens with one attached hydrogen (secondary N) is 2. The number of fused-ring (bicyclic) bond motifs is 2. The molecule has 2 N–H and O–H groups in total. The van der Waals surface area contributed by atoms with E-state index in [1.165, 1.54) is 0 Å². The third-order valence-electron chi connectivity index (χ3n) is 4.35. The van der Waals surface area contributed by atoms with Gasteiger partial charge in [0.2, 0.25) is 0 Å². The van der Waals surface area contributed by atoms with Crippen LogP contribution in [0.3, 0.4) is 0 Å². The molecule has 0 unspecified atom stereocenters. The second-order valence-corrected chi connectivity index (χ2v) is 7.10. The van der Waals surface area contributed by atoms with Gasteiger partial charge >= 0.3 is 0 Å². The molecule has 0 saturated carbocycles. The molecule has 136 valence electrons. The number of aromatic amines is 1. The molecule has 0 aliphatic rings. The lowest BCUT2D eigenvalue weighted by molar-refractivity contribution is 0.934. The SMILES string of the molecule is Brc1ccc2[nH]cc(C=NNc3ccc4nnc(-c5ccccc5)n4n3)c2c1. The highest BCUT2D eigenvalue weighted by molar-refractivity contribution is 9.10. The van der Waals surface area contributed by atoms with Crippen LogP contribution >= 0.6 is 15.9 Å². The molecule has 0 amide bonds. The molecule has 0 spiro atoms. The predicted molar refractivity (Wildman–Crippen MR) is 113 cm³/mol. The fourth-order valence-corrected chi connectivity index (χ4v) is 3.37. The van der Waals surface area contributed by atoms with Crippen LogP contribution in [-0.2, 0) is 0 Å². The van der Waals surface area contributed by atoms with Crippen molar-refractivity contribution in [3.63, 3.8) is 0 Å². The van der Waals surface area contributed by atoms with E-state index in [4.69, 9.17) is 0 Å². The lowest BCUT2D eigenvalue weighted by Gasteiger charge is -2.02. The van der Waals surface area contributed by atoms with Crippen LogP contribution in [0.5, 0.6) is 0 Å². The zero-order chi connectivity index (χ0) is 18.9. The number of halogens is 1. The normalized spacial score (nSPS) is 11.6. The molecule has 0 fully saturated rings. The molecule has 0 aliphatic heterocycles. The molecule has 3 heterocycles. The molecule has 28 heavy (non-hydrogen) atoms. The average molecular weight is 432 g/mol. The summed E-state index contributed by atoms with van der Waals surface area (Å²) in [6.45, 7) is 0. The van der Waals surface area contributed by atoms with E-state index in [1.54, 1.807) is 10.7 Å². The highest BCUT2D eigenvalue weighted by atomic mass is 79.9. The van der Waals surface area contributed by atoms with E-state index in [1.807, 2.05) is 60.8 Å². The van der Waals surface area contributed by atoms with Crippen LogP contribution in [0.2, 0.25) is 0 Å². The van der Waals surface area contributed by atoms with Crippen molar-refractivity contribution in [1.29, 1.82) is 0 Å². The van der Waals surface area contributed by atoms with Gasteiger partial charge < -0.3 is 4.98 Å². The van der Waals surface area contributed by atoms with Gasteiger partial charge in [-0.3, -0.25) is 5.43 Å². The maximum Gasteiger partial charge on any atom is 0.185 e. The Morgan fingerprint density at radius 1 is 1.04 bits per heavy atom. The molecule has 5 rings (SSSR count). The average Bonchev–Trinajstić information content (AvgIpc) is 3.32. The summed E-state index contributed by atoms with van der Waals surface area (Å²) in [5.74, 6) is 1.28. The number of hydrazone groups is 1. The van der Waals surface area contributed by atoms with E-state index >= 15 is 0 Å². The number of hydrogen-bond acceptors (Lipinski definition) is 5. The fraction of sp³-hybridized carbons (Fsp3) is 0. The topological polar surface area (TPSA) is 83.3 Å². The molecule has 0 saturated heterocycles. The van der Waals surface area contributed by atoms with Gasteiger partial charge in [0, 0.05) is 32.7 Å². The lowest BCUT2D eigenvalue weighted by atomic mass is 10.2. The molecular formula is C20H14BrN7. The second kappa shape index (κ2) is 6.90. The van der Waals surface area contributed by atoms with Crippen molar-refractivity contribution >= 4 is 44.5 Å². The maximum absolute atomic E-state index is 4.56. The van der Waals surface area contributed by atoms with Gasteiger partial charge in [-0.05, 0) is 30.3 Å². The van der Waals surface area contributed by atoms with Gasteiger partial charge in [-0.15, -0.1) is 15.3 Å². The van der Waals surface area contributed by atoms with Crippen LogP contribution in [-0.4, -0.2) is 31.0 Å². The van der Waals surface area contributed by atoms with Gasteiger partial charge in [-0.2, -0.15) is 9.62 Å². The predicted octanol–water partition coefficient (Wildman–Crippen LogP) is 4.48. The number of benzene rings is 2. The first-order valence-electron chi connectivity index (χ1n) is 8.61. The van der Waals surface area contributed by atoms with Crippen LogP contribution in [0.15, 0.2) is 76.4 Å². The first-order valence-corrected chi connectivity index (χ1v) is 9.41. The van der Waals surface area contributed by atoms with Crippen molar-refractivity contribution < 1.29 is 0 Å². The summed E-state index contributed by atoms with van der Waals surface area (Å²) in [6, 6.07) is 19.6. The van der Waals surface area contributed by atoms with E-state index in [-0.39, 0.29) is 0 Å². The Hall–Kier alpha value is -3.52. The standard InChI is InChI=1S/C20H14BrN7/c21-15-6-7-17-16(10-15)14(11-22-17)12-23-24-18-8-9-19-25-26-20(28(19)27-18)13-4-2-1-3-5-13/h1-12,22H,(H,24,27). The number of hydrogen-bond donors (Lipinski definition) is 2. The van der Waals surface area contributed by atoms with Crippen molar-refractivity contribution in [2.45, 2.75) is 0 Å². The number of anilines is 1. The molecule has 0 radical (unpaired) electrons. The van der Waals surface area contributed by atoms with E-state index in [0.29, 0.717) is 17.3 Å². The minimum absolute atomic E-state index is 0.599. The van der Waals surface area contributed by atoms with Crippen LogP contribution < -0.4 is 5.43 Å². The number of rotatable bonds is 4. The minimum atomic E-state index is 0.599. The molecular weight excluding hydrogens is 418 g/mol. The third kappa shape index (κ3) is 3.03. The number of aromatic nitrogens is 5. The van der Waals surface area contributed by atoms with Crippen LogP contribution in [0.4, 0.5) is 5.82 Å². The first kappa shape index (κ1) is 16.6. The summed E-state index contributed by atoms with van der Waals surface area (Å²) in [5, 5.41) is 18.4. The summed E-state index contributed by atoms with van der Waals surface area (Å²) in [6.07, 6.45) is 3.69. The van der Waals surface area contributed by atoms with Gasteiger partial charge in [0.1, 0.15) is 0 Å². The highest BCUT2D eigenvalue weighted by Gasteiger charge is 2.09. The Bertz CT molecular complexity index is 1300. The Balaban J connectivity index is 1.43. The van der Waals surface area contributed by atoms with E-state index in [9.17, 15) is 0 Å². The lowest BCUT2D eigenvalue weighted by Crippen LogP contribution is -2.00. The Morgan fingerprint density at radius 2 is 1.93 bits per heavy atom. The van der Waals surface area contributed by atoms with E-state index < -0.39 is 0 Å². The van der Waals surface area contributed by atoms with Crippen molar-refractivity contribution in [2.24, 2.45) is 5.10 Å². The van der Waals surface area contributed by atoms with Gasteiger partial charge in [0.05, 0.1) is 6.21 Å². The number of H-pyrrole nitrogens is 1. The molecule has 0 bridgehead atoms. The zero-order valence-corrected chi connectivity index (χ0v) is 16.1. The minimum Gasteiger partial charge on any atom is -0.361 e. The van der Waals surface area contributed by atoms with Crippen molar-refractivity contribution in [1.82, 2.24) is 24.8 Å². The quantitative estimate of drug-likeness (QED) is 0.324. The summed E-state index contributed by atoms with van der Waals surface area (Å²) in [4.78, 5) is 3.23. The highest BCUT2D eigenvalue weighted by Crippen LogP contribution is 2.22. The fourth-order valence-electron chi connectivity index (χ4n) is 3.00. The zero-order valence-electron chi connectivity index (χ0n) is 14.5. The molecule has 5 aromatic rings. The van der Waals surface area contributed by atoms with Crippen LogP contribution in [0.1, 0.15) is 5.56 Å². The van der Waals surface area contributed by atoms with E-state index in [2.05, 4.69) is 52.8 Å². The molecule has 7 nitrogen and oxygen atoms in total. The summed E-state index contributed by atoms with van der Waals surface area (Å²) in [5.41, 5.74) is 6.65. The van der Waals surface area contributed by atoms with Crippen LogP contribution in [0.25, 0.3) is 27.9 Å². The summed E-state index contributed by atoms with van der Waals surface area (Å²) < 4.78 is 2.73. The van der Waals surface area contributed by atoms with Crippen molar-refractivity contribution in [2.75, 3.05) is 5.43 Å². The molecule has 2 aromatic carbocycles. The van der Waals surface area contributed by atoms with E-state index in [0.717, 1.165) is 26.5 Å². The summed E-state index contributed by atoms with van der Waals surface area (Å²) >= 11 is 3.50. The maximum atomic E-state index is 4.56. The third-order valence-corrected chi connectivity index (χ3v) is 4.85. The molecule has 0 aliphatic carbocycles. The monoisotopic (exact) mass is 431 g/mol.